The second-order valence-electron chi connectivity index (χ2n) is 4.74. The van der Waals surface area contributed by atoms with Crippen LogP contribution >= 0.6 is 0 Å². The minimum atomic E-state index is -0.481. The smallest absolute Gasteiger partial charge is 0.248 e. The Bertz CT molecular complexity index is 423. The maximum Gasteiger partial charge on any atom is 0.248 e. The fraction of sp³-hybridized carbons (Fsp3) is 0.533. The SMILES string of the molecule is CNC(C)CNC(=O)C(C)OCc1cccc(OC)c1. The molecule has 0 saturated carbocycles. The quantitative estimate of drug-likeness (QED) is 0.754. The summed E-state index contributed by atoms with van der Waals surface area (Å²) in [5.41, 5.74) is 0.979. The molecule has 0 aliphatic heterocycles. The number of amides is 1. The summed E-state index contributed by atoms with van der Waals surface area (Å²) >= 11 is 0. The molecule has 1 amide bonds. The minimum Gasteiger partial charge on any atom is -0.497 e. The molecule has 0 fully saturated rings. The number of nitrogens with one attached hydrogen (secondary N) is 2. The van der Waals surface area contributed by atoms with Crippen LogP contribution in [0.15, 0.2) is 24.3 Å². The summed E-state index contributed by atoms with van der Waals surface area (Å²) in [6, 6.07) is 7.85. The zero-order valence-electron chi connectivity index (χ0n) is 12.6. The third-order valence-electron chi connectivity index (χ3n) is 3.08. The average Bonchev–Trinajstić information content (AvgIpc) is 2.49. The molecule has 0 radical (unpaired) electrons. The van der Waals surface area contributed by atoms with Crippen molar-refractivity contribution in [2.75, 3.05) is 20.7 Å². The first-order valence-corrected chi connectivity index (χ1v) is 6.76. The van der Waals surface area contributed by atoms with Crippen LogP contribution in [0.5, 0.6) is 5.75 Å². The molecule has 5 heteroatoms. The molecule has 20 heavy (non-hydrogen) atoms. The van der Waals surface area contributed by atoms with E-state index in [-0.39, 0.29) is 11.9 Å². The van der Waals surface area contributed by atoms with E-state index in [9.17, 15) is 4.79 Å². The second kappa shape index (κ2) is 8.55. The molecule has 0 aromatic heterocycles. The number of rotatable bonds is 8. The summed E-state index contributed by atoms with van der Waals surface area (Å²) in [5.74, 6) is 0.682. The van der Waals surface area contributed by atoms with Gasteiger partial charge in [-0.2, -0.15) is 0 Å². The van der Waals surface area contributed by atoms with Gasteiger partial charge in [0.25, 0.3) is 0 Å². The Morgan fingerprint density at radius 2 is 2.10 bits per heavy atom. The summed E-state index contributed by atoms with van der Waals surface area (Å²) in [6.07, 6.45) is -0.481. The first-order chi connectivity index (χ1) is 9.56. The Morgan fingerprint density at radius 3 is 2.75 bits per heavy atom. The Morgan fingerprint density at radius 1 is 1.35 bits per heavy atom. The summed E-state index contributed by atoms with van der Waals surface area (Å²) < 4.78 is 10.7. The molecule has 1 aromatic carbocycles. The summed E-state index contributed by atoms with van der Waals surface area (Å²) in [4.78, 5) is 11.8. The Kier molecular flexibility index (Phi) is 7.04. The van der Waals surface area contributed by atoms with Gasteiger partial charge in [0.15, 0.2) is 0 Å². The maximum absolute atomic E-state index is 11.8. The van der Waals surface area contributed by atoms with E-state index >= 15 is 0 Å². The van der Waals surface area contributed by atoms with Crippen LogP contribution in [0.25, 0.3) is 0 Å². The molecule has 0 spiro atoms. The van der Waals surface area contributed by atoms with Crippen molar-refractivity contribution in [3.63, 3.8) is 0 Å². The van der Waals surface area contributed by atoms with Gasteiger partial charge >= 0.3 is 0 Å². The van der Waals surface area contributed by atoms with Crippen LogP contribution in [0, 0.1) is 0 Å². The number of likely N-dealkylation sites (N-methyl/N-ethyl adjacent to an activating group) is 1. The summed E-state index contributed by atoms with van der Waals surface area (Å²) in [6.45, 7) is 4.72. The van der Waals surface area contributed by atoms with Crippen LogP contribution in [0.2, 0.25) is 0 Å². The first-order valence-electron chi connectivity index (χ1n) is 6.76. The van der Waals surface area contributed by atoms with Crippen LogP contribution in [-0.2, 0) is 16.1 Å². The van der Waals surface area contributed by atoms with Crippen molar-refractivity contribution in [3.05, 3.63) is 29.8 Å². The van der Waals surface area contributed by atoms with E-state index in [0.717, 1.165) is 11.3 Å². The van der Waals surface area contributed by atoms with E-state index in [1.165, 1.54) is 0 Å². The maximum atomic E-state index is 11.8. The third-order valence-corrected chi connectivity index (χ3v) is 3.08. The Hall–Kier alpha value is -1.59. The zero-order valence-corrected chi connectivity index (χ0v) is 12.6. The topological polar surface area (TPSA) is 59.6 Å². The van der Waals surface area contributed by atoms with E-state index in [1.54, 1.807) is 14.0 Å². The third kappa shape index (κ3) is 5.59. The number of methoxy groups -OCH3 is 1. The minimum absolute atomic E-state index is 0.102. The van der Waals surface area contributed by atoms with Gasteiger partial charge in [-0.3, -0.25) is 4.79 Å². The molecule has 112 valence electrons. The lowest BCUT2D eigenvalue weighted by molar-refractivity contribution is -0.132. The van der Waals surface area contributed by atoms with Crippen LogP contribution in [-0.4, -0.2) is 38.8 Å². The molecule has 0 aliphatic rings. The number of hydrogen-bond acceptors (Lipinski definition) is 4. The van der Waals surface area contributed by atoms with Gasteiger partial charge in [0, 0.05) is 12.6 Å². The van der Waals surface area contributed by atoms with Crippen LogP contribution in [0.4, 0.5) is 0 Å². The molecule has 2 atom stereocenters. The highest BCUT2D eigenvalue weighted by Crippen LogP contribution is 2.13. The number of carbonyl (C=O) groups is 1. The highest BCUT2D eigenvalue weighted by atomic mass is 16.5. The number of ether oxygens (including phenoxy) is 2. The van der Waals surface area contributed by atoms with Crippen molar-refractivity contribution in [1.29, 1.82) is 0 Å². The molecule has 1 rings (SSSR count). The van der Waals surface area contributed by atoms with Gasteiger partial charge in [-0.25, -0.2) is 0 Å². The monoisotopic (exact) mass is 280 g/mol. The predicted molar refractivity (Wildman–Crippen MR) is 78.8 cm³/mol. The number of hydrogen-bond donors (Lipinski definition) is 2. The fourth-order valence-corrected chi connectivity index (χ4v) is 1.56. The van der Waals surface area contributed by atoms with Crippen LogP contribution < -0.4 is 15.4 Å². The normalized spacial score (nSPS) is 13.6. The van der Waals surface area contributed by atoms with Gasteiger partial charge in [-0.1, -0.05) is 12.1 Å². The van der Waals surface area contributed by atoms with Crippen molar-refractivity contribution in [1.82, 2.24) is 10.6 Å². The van der Waals surface area contributed by atoms with Crippen molar-refractivity contribution in [3.8, 4) is 5.75 Å². The predicted octanol–water partition coefficient (Wildman–Crippen LogP) is 1.32. The second-order valence-corrected chi connectivity index (χ2v) is 4.74. The van der Waals surface area contributed by atoms with E-state index in [2.05, 4.69) is 10.6 Å². The summed E-state index contributed by atoms with van der Waals surface area (Å²) in [7, 11) is 3.48. The van der Waals surface area contributed by atoms with Gasteiger partial charge < -0.3 is 20.1 Å². The lowest BCUT2D eigenvalue weighted by Gasteiger charge is -2.16. The molecule has 5 nitrogen and oxygen atoms in total. The van der Waals surface area contributed by atoms with Gasteiger partial charge in [0.2, 0.25) is 5.91 Å². The average molecular weight is 280 g/mol. The van der Waals surface area contributed by atoms with Crippen LogP contribution in [0.3, 0.4) is 0 Å². The number of carbonyl (C=O) groups excluding carboxylic acids is 1. The molecule has 0 saturated heterocycles. The molecular formula is C15H24N2O3. The van der Waals surface area contributed by atoms with Gasteiger partial charge in [-0.15, -0.1) is 0 Å². The standard InChI is InChI=1S/C15H24N2O3/c1-11(16-3)9-17-15(18)12(2)20-10-13-6-5-7-14(8-13)19-4/h5-8,11-12,16H,9-10H2,1-4H3,(H,17,18). The van der Waals surface area contributed by atoms with Crippen molar-refractivity contribution in [2.45, 2.75) is 32.6 Å². The highest BCUT2D eigenvalue weighted by molar-refractivity contribution is 5.80. The number of benzene rings is 1. The van der Waals surface area contributed by atoms with Gasteiger partial charge in [0.05, 0.1) is 13.7 Å². The van der Waals surface area contributed by atoms with Gasteiger partial charge in [-0.05, 0) is 38.6 Å². The first kappa shape index (κ1) is 16.5. The van der Waals surface area contributed by atoms with E-state index in [1.807, 2.05) is 38.2 Å². The van der Waals surface area contributed by atoms with Crippen LogP contribution in [0.1, 0.15) is 19.4 Å². The highest BCUT2D eigenvalue weighted by Gasteiger charge is 2.13. The lowest BCUT2D eigenvalue weighted by atomic mass is 10.2. The molecule has 0 aliphatic carbocycles. The lowest BCUT2D eigenvalue weighted by Crippen LogP contribution is -2.41. The Labute approximate surface area is 120 Å². The molecule has 2 N–H and O–H groups in total. The fourth-order valence-electron chi connectivity index (χ4n) is 1.56. The summed E-state index contributed by atoms with van der Waals surface area (Å²) in [5, 5.41) is 5.90. The van der Waals surface area contributed by atoms with Crippen molar-refractivity contribution < 1.29 is 14.3 Å². The molecule has 1 aromatic rings. The van der Waals surface area contributed by atoms with E-state index in [4.69, 9.17) is 9.47 Å². The molecule has 0 heterocycles. The largest absolute Gasteiger partial charge is 0.497 e. The zero-order chi connectivity index (χ0) is 15.0. The molecule has 0 bridgehead atoms. The van der Waals surface area contributed by atoms with Crippen molar-refractivity contribution >= 4 is 5.91 Å². The van der Waals surface area contributed by atoms with E-state index in [0.29, 0.717) is 13.2 Å². The molecular weight excluding hydrogens is 256 g/mol. The van der Waals surface area contributed by atoms with E-state index < -0.39 is 6.10 Å². The molecule has 2 unspecified atom stereocenters. The van der Waals surface area contributed by atoms with Gasteiger partial charge in [0.1, 0.15) is 11.9 Å². The Balaban J connectivity index is 2.38. The van der Waals surface area contributed by atoms with Crippen molar-refractivity contribution in [2.24, 2.45) is 0 Å².